The van der Waals surface area contributed by atoms with Crippen molar-refractivity contribution in [3.05, 3.63) is 0 Å². The second-order valence-corrected chi connectivity index (χ2v) is 4.11. The van der Waals surface area contributed by atoms with Gasteiger partial charge in [0.1, 0.15) is 6.61 Å². The van der Waals surface area contributed by atoms with Crippen LogP contribution in [0.3, 0.4) is 0 Å². The van der Waals surface area contributed by atoms with E-state index in [1.165, 1.54) is 0 Å². The van der Waals surface area contributed by atoms with E-state index in [0.29, 0.717) is 19.3 Å². The van der Waals surface area contributed by atoms with Gasteiger partial charge in [-0.05, 0) is 19.3 Å². The molecule has 0 bridgehead atoms. The van der Waals surface area contributed by atoms with E-state index in [4.69, 9.17) is 10.8 Å². The minimum absolute atomic E-state index is 0.00513. The van der Waals surface area contributed by atoms with Crippen molar-refractivity contribution in [3.63, 3.8) is 0 Å². The molecule has 18 heavy (non-hydrogen) atoms. The van der Waals surface area contributed by atoms with Crippen LogP contribution < -0.4 is 16.4 Å². The lowest BCUT2D eigenvalue weighted by molar-refractivity contribution is -0.141. The van der Waals surface area contributed by atoms with Gasteiger partial charge in [-0.25, -0.2) is 9.59 Å². The van der Waals surface area contributed by atoms with Crippen molar-refractivity contribution < 1.29 is 24.2 Å². The molecular formula is C10H17N3O5. The van der Waals surface area contributed by atoms with E-state index < -0.39 is 18.1 Å². The van der Waals surface area contributed by atoms with Crippen molar-refractivity contribution in [2.45, 2.75) is 25.3 Å². The summed E-state index contributed by atoms with van der Waals surface area (Å²) in [5.41, 5.74) is 4.74. The van der Waals surface area contributed by atoms with Crippen LogP contribution in [0.15, 0.2) is 0 Å². The first-order valence-electron chi connectivity index (χ1n) is 5.68. The number of nitrogens with two attached hydrogens (primary N) is 1. The van der Waals surface area contributed by atoms with Gasteiger partial charge in [-0.2, -0.15) is 0 Å². The van der Waals surface area contributed by atoms with E-state index in [2.05, 4.69) is 15.4 Å². The van der Waals surface area contributed by atoms with Crippen molar-refractivity contribution in [2.75, 3.05) is 13.2 Å². The Morgan fingerprint density at radius 3 is 2.61 bits per heavy atom. The van der Waals surface area contributed by atoms with Gasteiger partial charge in [-0.3, -0.25) is 4.79 Å². The lowest BCUT2D eigenvalue weighted by Gasteiger charge is -2.13. The molecule has 1 rings (SSSR count). The summed E-state index contributed by atoms with van der Waals surface area (Å²) in [5.74, 6) is -1.21. The summed E-state index contributed by atoms with van der Waals surface area (Å²) in [5, 5.41) is 13.9. The molecule has 8 nitrogen and oxygen atoms in total. The predicted molar refractivity (Wildman–Crippen MR) is 60.8 cm³/mol. The van der Waals surface area contributed by atoms with E-state index in [1.54, 1.807) is 0 Å². The number of primary amides is 1. The number of urea groups is 1. The summed E-state index contributed by atoms with van der Waals surface area (Å²) in [7, 11) is 0. The number of carboxylic acid groups (broad SMARTS) is 1. The Morgan fingerprint density at radius 1 is 1.33 bits per heavy atom. The van der Waals surface area contributed by atoms with Crippen molar-refractivity contribution in [2.24, 2.45) is 11.7 Å². The summed E-state index contributed by atoms with van der Waals surface area (Å²) in [4.78, 5) is 32.3. The van der Waals surface area contributed by atoms with Crippen molar-refractivity contribution in [3.8, 4) is 0 Å². The van der Waals surface area contributed by atoms with Crippen LogP contribution >= 0.6 is 0 Å². The number of rotatable bonds is 5. The van der Waals surface area contributed by atoms with Gasteiger partial charge in [0.15, 0.2) is 0 Å². The average molecular weight is 259 g/mol. The highest BCUT2D eigenvalue weighted by Crippen LogP contribution is 2.25. The monoisotopic (exact) mass is 259 g/mol. The third-order valence-corrected chi connectivity index (χ3v) is 2.75. The molecule has 2 unspecified atom stereocenters. The Morgan fingerprint density at radius 2 is 2.06 bits per heavy atom. The molecule has 0 spiro atoms. The maximum atomic E-state index is 11.4. The fourth-order valence-corrected chi connectivity index (χ4v) is 1.89. The van der Waals surface area contributed by atoms with Gasteiger partial charge in [0.25, 0.3) is 0 Å². The van der Waals surface area contributed by atoms with E-state index in [-0.39, 0.29) is 25.1 Å². The van der Waals surface area contributed by atoms with E-state index in [9.17, 15) is 14.4 Å². The van der Waals surface area contributed by atoms with Gasteiger partial charge >= 0.3 is 18.1 Å². The van der Waals surface area contributed by atoms with Gasteiger partial charge in [0.05, 0.1) is 12.5 Å². The van der Waals surface area contributed by atoms with Crippen LogP contribution in [0.1, 0.15) is 19.3 Å². The van der Waals surface area contributed by atoms with Crippen molar-refractivity contribution in [1.82, 2.24) is 10.6 Å². The largest absolute Gasteiger partial charge is 0.481 e. The Hall–Kier alpha value is -1.99. The van der Waals surface area contributed by atoms with Crippen LogP contribution in [-0.4, -0.2) is 42.4 Å². The van der Waals surface area contributed by atoms with Crippen LogP contribution in [0.2, 0.25) is 0 Å². The minimum Gasteiger partial charge on any atom is -0.481 e. The number of nitrogens with one attached hydrogen (secondary N) is 2. The quantitative estimate of drug-likeness (QED) is 0.500. The summed E-state index contributed by atoms with van der Waals surface area (Å²) in [6, 6.07) is -0.526. The molecule has 0 aliphatic heterocycles. The molecule has 0 aromatic rings. The molecule has 5 N–H and O–H groups in total. The van der Waals surface area contributed by atoms with Crippen LogP contribution in [-0.2, 0) is 9.53 Å². The number of amides is 3. The first-order chi connectivity index (χ1) is 8.49. The SMILES string of the molecule is NC(=O)OCCNC(=O)NC1CCC(C(=O)O)C1. The molecule has 1 aliphatic carbocycles. The maximum absolute atomic E-state index is 11.4. The highest BCUT2D eigenvalue weighted by Gasteiger charge is 2.30. The number of ether oxygens (including phenoxy) is 1. The summed E-state index contributed by atoms with van der Waals surface area (Å²) >= 11 is 0. The predicted octanol–water partition coefficient (Wildman–Crippen LogP) is -0.366. The highest BCUT2D eigenvalue weighted by atomic mass is 16.5. The molecule has 0 aromatic heterocycles. The standard InChI is InChI=1S/C10H17N3O5/c11-9(16)18-4-3-12-10(17)13-7-2-1-6(5-7)8(14)15/h6-7H,1-5H2,(H2,11,16)(H,14,15)(H2,12,13,17). The molecule has 1 aliphatic rings. The van der Waals surface area contributed by atoms with Crippen LogP contribution in [0, 0.1) is 5.92 Å². The fourth-order valence-electron chi connectivity index (χ4n) is 1.89. The fraction of sp³-hybridized carbons (Fsp3) is 0.700. The summed E-state index contributed by atoms with van der Waals surface area (Å²) in [6.07, 6.45) is 0.783. The molecule has 2 atom stereocenters. The summed E-state index contributed by atoms with van der Waals surface area (Å²) < 4.78 is 4.43. The lowest BCUT2D eigenvalue weighted by Crippen LogP contribution is -2.42. The zero-order valence-electron chi connectivity index (χ0n) is 9.85. The van der Waals surface area contributed by atoms with Gasteiger partial charge in [0, 0.05) is 6.04 Å². The van der Waals surface area contributed by atoms with Gasteiger partial charge in [0.2, 0.25) is 0 Å². The van der Waals surface area contributed by atoms with Crippen molar-refractivity contribution >= 4 is 18.1 Å². The van der Waals surface area contributed by atoms with Gasteiger partial charge in [-0.1, -0.05) is 0 Å². The number of carbonyl (C=O) groups is 3. The highest BCUT2D eigenvalue weighted by molar-refractivity contribution is 5.75. The number of hydrogen-bond donors (Lipinski definition) is 4. The normalized spacial score (nSPS) is 22.2. The average Bonchev–Trinajstić information content (AvgIpc) is 2.72. The summed E-state index contributed by atoms with van der Waals surface area (Å²) in [6.45, 7) is 0.162. The molecule has 1 fully saturated rings. The van der Waals surface area contributed by atoms with Gasteiger partial charge < -0.3 is 26.2 Å². The Bertz CT molecular complexity index is 333. The van der Waals surface area contributed by atoms with E-state index in [1.807, 2.05) is 0 Å². The number of carboxylic acids is 1. The maximum Gasteiger partial charge on any atom is 0.404 e. The van der Waals surface area contributed by atoms with E-state index >= 15 is 0 Å². The molecule has 8 heteroatoms. The van der Waals surface area contributed by atoms with E-state index in [0.717, 1.165) is 0 Å². The Labute approximate surface area is 104 Å². The number of aliphatic carboxylic acids is 1. The van der Waals surface area contributed by atoms with Crippen LogP contribution in [0.4, 0.5) is 9.59 Å². The molecular weight excluding hydrogens is 242 g/mol. The second kappa shape index (κ2) is 6.67. The zero-order chi connectivity index (χ0) is 13.5. The third-order valence-electron chi connectivity index (χ3n) is 2.75. The number of hydrogen-bond acceptors (Lipinski definition) is 4. The zero-order valence-corrected chi connectivity index (χ0v) is 9.85. The van der Waals surface area contributed by atoms with Crippen LogP contribution in [0.25, 0.3) is 0 Å². The molecule has 0 saturated heterocycles. The Balaban J connectivity index is 2.13. The first kappa shape index (κ1) is 14.1. The van der Waals surface area contributed by atoms with Gasteiger partial charge in [-0.15, -0.1) is 0 Å². The molecule has 0 radical (unpaired) electrons. The number of carbonyl (C=O) groups excluding carboxylic acids is 2. The molecule has 0 aromatic carbocycles. The molecule has 1 saturated carbocycles. The minimum atomic E-state index is -0.891. The Kier molecular flexibility index (Phi) is 5.22. The third kappa shape index (κ3) is 4.89. The molecule has 3 amide bonds. The smallest absolute Gasteiger partial charge is 0.404 e. The lowest BCUT2D eigenvalue weighted by atomic mass is 10.1. The van der Waals surface area contributed by atoms with Crippen LogP contribution in [0.5, 0.6) is 0 Å². The molecule has 102 valence electrons. The second-order valence-electron chi connectivity index (χ2n) is 4.11. The topological polar surface area (TPSA) is 131 Å². The van der Waals surface area contributed by atoms with Crippen molar-refractivity contribution in [1.29, 1.82) is 0 Å². The molecule has 0 heterocycles. The first-order valence-corrected chi connectivity index (χ1v) is 5.68.